The minimum atomic E-state index is -0.833. The zero-order valence-corrected chi connectivity index (χ0v) is 20.9. The van der Waals surface area contributed by atoms with Crippen molar-refractivity contribution in [3.8, 4) is 0 Å². The molecule has 0 aromatic heterocycles. The lowest BCUT2D eigenvalue weighted by Crippen LogP contribution is -2.17. The van der Waals surface area contributed by atoms with Crippen LogP contribution in [-0.2, 0) is 4.79 Å². The molecule has 0 saturated carbocycles. The van der Waals surface area contributed by atoms with Crippen LogP contribution in [0.5, 0.6) is 0 Å². The number of carboxylic acid groups (broad SMARTS) is 1. The maximum atomic E-state index is 10.4. The standard InChI is InChI=1S/C28H50O5/c1-2-3-4-5-6-7-8-9-10-11-12-13-15-19-25(29)21-18-22-27(31)24-26(30)20-16-14-17-23-28(32)33/h6-7,12-14,16,25-27,29-31H,2-5,8-11,15,17-24H2,1H3,(H,32,33)/b7-6-,13-12-,16-14-. The van der Waals surface area contributed by atoms with Crippen LogP contribution in [0.2, 0.25) is 0 Å². The topological polar surface area (TPSA) is 98.0 Å². The molecule has 0 aliphatic heterocycles. The van der Waals surface area contributed by atoms with E-state index in [0.29, 0.717) is 32.1 Å². The van der Waals surface area contributed by atoms with E-state index in [1.165, 1.54) is 44.9 Å². The molecule has 0 aliphatic rings. The van der Waals surface area contributed by atoms with Gasteiger partial charge in [-0.2, -0.15) is 0 Å². The molecule has 0 aromatic carbocycles. The molecule has 4 N–H and O–H groups in total. The van der Waals surface area contributed by atoms with Gasteiger partial charge in [-0.25, -0.2) is 0 Å². The number of hydrogen-bond donors (Lipinski definition) is 4. The maximum Gasteiger partial charge on any atom is 0.303 e. The van der Waals surface area contributed by atoms with E-state index in [0.717, 1.165) is 25.7 Å². The van der Waals surface area contributed by atoms with E-state index >= 15 is 0 Å². The Bertz CT molecular complexity index is 526. The third kappa shape index (κ3) is 25.0. The van der Waals surface area contributed by atoms with Gasteiger partial charge in [0.15, 0.2) is 0 Å². The molecule has 0 fully saturated rings. The maximum absolute atomic E-state index is 10.4. The van der Waals surface area contributed by atoms with Gasteiger partial charge in [-0.15, -0.1) is 0 Å². The summed E-state index contributed by atoms with van der Waals surface area (Å²) in [5, 5.41) is 38.6. The number of aliphatic hydroxyl groups excluding tert-OH is 3. The fourth-order valence-corrected chi connectivity index (χ4v) is 3.64. The smallest absolute Gasteiger partial charge is 0.303 e. The molecule has 3 atom stereocenters. The number of unbranched alkanes of at least 4 members (excludes halogenated alkanes) is 6. The summed E-state index contributed by atoms with van der Waals surface area (Å²) in [7, 11) is 0. The molecule has 0 amide bonds. The summed E-state index contributed by atoms with van der Waals surface area (Å²) >= 11 is 0. The zero-order valence-electron chi connectivity index (χ0n) is 20.9. The Morgan fingerprint density at radius 1 is 0.636 bits per heavy atom. The molecular formula is C28H50O5. The highest BCUT2D eigenvalue weighted by atomic mass is 16.4. The molecule has 0 saturated heterocycles. The van der Waals surface area contributed by atoms with Gasteiger partial charge in [0, 0.05) is 6.42 Å². The molecule has 5 heteroatoms. The predicted molar refractivity (Wildman–Crippen MR) is 137 cm³/mol. The number of aliphatic carboxylic acids is 1. The first-order chi connectivity index (χ1) is 16.0. The van der Waals surface area contributed by atoms with Crippen molar-refractivity contribution in [2.45, 2.75) is 134 Å². The second-order valence-electron chi connectivity index (χ2n) is 9.07. The lowest BCUT2D eigenvalue weighted by atomic mass is 10.0. The van der Waals surface area contributed by atoms with Crippen LogP contribution in [0.15, 0.2) is 36.5 Å². The molecule has 0 spiro atoms. The highest BCUT2D eigenvalue weighted by Crippen LogP contribution is 2.14. The van der Waals surface area contributed by atoms with Gasteiger partial charge in [0.05, 0.1) is 18.3 Å². The Labute approximate surface area is 202 Å². The van der Waals surface area contributed by atoms with Crippen LogP contribution in [0.25, 0.3) is 0 Å². The first-order valence-electron chi connectivity index (χ1n) is 13.2. The van der Waals surface area contributed by atoms with Crippen molar-refractivity contribution in [1.29, 1.82) is 0 Å². The average molecular weight is 467 g/mol. The van der Waals surface area contributed by atoms with E-state index < -0.39 is 18.2 Å². The minimum absolute atomic E-state index is 0.0878. The van der Waals surface area contributed by atoms with Crippen LogP contribution in [-0.4, -0.2) is 44.7 Å². The van der Waals surface area contributed by atoms with Crippen molar-refractivity contribution in [3.05, 3.63) is 36.5 Å². The van der Waals surface area contributed by atoms with Crippen molar-refractivity contribution < 1.29 is 25.2 Å². The van der Waals surface area contributed by atoms with E-state index in [4.69, 9.17) is 5.11 Å². The largest absolute Gasteiger partial charge is 0.481 e. The molecule has 0 bridgehead atoms. The first kappa shape index (κ1) is 31.6. The van der Waals surface area contributed by atoms with Crippen LogP contribution < -0.4 is 0 Å². The second kappa shape index (κ2) is 23.7. The van der Waals surface area contributed by atoms with E-state index in [-0.39, 0.29) is 12.5 Å². The third-order valence-corrected chi connectivity index (χ3v) is 5.68. The number of rotatable bonds is 23. The molecule has 192 valence electrons. The van der Waals surface area contributed by atoms with Crippen molar-refractivity contribution in [2.75, 3.05) is 0 Å². The van der Waals surface area contributed by atoms with Crippen LogP contribution in [0, 0.1) is 0 Å². The molecule has 5 nitrogen and oxygen atoms in total. The summed E-state index contributed by atoms with van der Waals surface area (Å²) in [5.74, 6) is -0.833. The predicted octanol–water partition coefficient (Wildman–Crippen LogP) is 6.47. The summed E-state index contributed by atoms with van der Waals surface area (Å²) in [6.45, 7) is 2.23. The van der Waals surface area contributed by atoms with Crippen LogP contribution >= 0.6 is 0 Å². The van der Waals surface area contributed by atoms with Gasteiger partial charge in [0.1, 0.15) is 0 Å². The van der Waals surface area contributed by atoms with Gasteiger partial charge in [-0.05, 0) is 89.9 Å². The number of carbonyl (C=O) groups is 1. The van der Waals surface area contributed by atoms with Crippen LogP contribution in [0.4, 0.5) is 0 Å². The van der Waals surface area contributed by atoms with E-state index in [9.17, 15) is 20.1 Å². The minimum Gasteiger partial charge on any atom is -0.481 e. The molecule has 0 aromatic rings. The lowest BCUT2D eigenvalue weighted by Gasteiger charge is -2.15. The molecule has 0 aliphatic carbocycles. The summed E-state index contributed by atoms with van der Waals surface area (Å²) < 4.78 is 0. The zero-order chi connectivity index (χ0) is 24.6. The summed E-state index contributed by atoms with van der Waals surface area (Å²) in [6, 6.07) is 0. The van der Waals surface area contributed by atoms with Gasteiger partial charge in [-0.3, -0.25) is 4.79 Å². The number of carboxylic acids is 1. The second-order valence-corrected chi connectivity index (χ2v) is 9.07. The Kier molecular flexibility index (Phi) is 22.7. The van der Waals surface area contributed by atoms with E-state index in [1.54, 1.807) is 12.2 Å². The van der Waals surface area contributed by atoms with Crippen molar-refractivity contribution in [2.24, 2.45) is 0 Å². The lowest BCUT2D eigenvalue weighted by molar-refractivity contribution is -0.136. The normalized spacial score (nSPS) is 15.0. The Hall–Kier alpha value is -1.43. The van der Waals surface area contributed by atoms with Gasteiger partial charge >= 0.3 is 5.97 Å². The monoisotopic (exact) mass is 466 g/mol. The molecule has 0 heterocycles. The van der Waals surface area contributed by atoms with Gasteiger partial charge in [-0.1, -0.05) is 56.2 Å². The number of hydrogen-bond acceptors (Lipinski definition) is 4. The molecular weight excluding hydrogens is 416 g/mol. The van der Waals surface area contributed by atoms with Gasteiger partial charge in [0.2, 0.25) is 0 Å². The van der Waals surface area contributed by atoms with Crippen molar-refractivity contribution in [3.63, 3.8) is 0 Å². The molecule has 3 unspecified atom stereocenters. The summed E-state index contributed by atoms with van der Waals surface area (Å²) in [5.41, 5.74) is 0. The summed E-state index contributed by atoms with van der Waals surface area (Å²) in [4.78, 5) is 10.4. The Balaban J connectivity index is 3.59. The molecule has 0 radical (unpaired) electrons. The molecule has 0 rings (SSSR count). The van der Waals surface area contributed by atoms with Crippen LogP contribution in [0.1, 0.15) is 116 Å². The highest BCUT2D eigenvalue weighted by Gasteiger charge is 2.12. The highest BCUT2D eigenvalue weighted by molar-refractivity contribution is 5.66. The van der Waals surface area contributed by atoms with Crippen LogP contribution in [0.3, 0.4) is 0 Å². The van der Waals surface area contributed by atoms with Gasteiger partial charge < -0.3 is 20.4 Å². The third-order valence-electron chi connectivity index (χ3n) is 5.68. The Morgan fingerprint density at radius 2 is 1.18 bits per heavy atom. The number of allylic oxidation sites excluding steroid dienone is 5. The summed E-state index contributed by atoms with van der Waals surface area (Å²) in [6.07, 6.45) is 25.7. The first-order valence-corrected chi connectivity index (χ1v) is 13.2. The SMILES string of the molecule is CCCCC/C=C\CCCC/C=C\CCC(O)CCCC(O)CC(O)C/C=C\CCC(=O)O. The van der Waals surface area contributed by atoms with Crippen molar-refractivity contribution in [1.82, 2.24) is 0 Å². The quantitative estimate of drug-likeness (QED) is 0.102. The fourth-order valence-electron chi connectivity index (χ4n) is 3.64. The average Bonchev–Trinajstić information content (AvgIpc) is 2.76. The van der Waals surface area contributed by atoms with E-state index in [2.05, 4.69) is 31.2 Å². The fraction of sp³-hybridized carbons (Fsp3) is 0.750. The van der Waals surface area contributed by atoms with Crippen molar-refractivity contribution >= 4 is 5.97 Å². The number of aliphatic hydroxyl groups is 3. The Morgan fingerprint density at radius 3 is 1.79 bits per heavy atom. The van der Waals surface area contributed by atoms with E-state index in [1.807, 2.05) is 0 Å². The van der Waals surface area contributed by atoms with Gasteiger partial charge in [0.25, 0.3) is 0 Å². The molecule has 33 heavy (non-hydrogen) atoms.